The van der Waals surface area contributed by atoms with Crippen LogP contribution < -0.4 is 0 Å². The van der Waals surface area contributed by atoms with Gasteiger partial charge in [-0.2, -0.15) is 10.4 Å². The van der Waals surface area contributed by atoms with Crippen LogP contribution in [-0.4, -0.2) is 9.78 Å². The number of nitrogens with zero attached hydrogens (tertiary/aromatic N) is 3. The highest BCUT2D eigenvalue weighted by Gasteiger charge is 2.09. The van der Waals surface area contributed by atoms with Crippen LogP contribution in [0.4, 0.5) is 0 Å². The van der Waals surface area contributed by atoms with Gasteiger partial charge in [0.25, 0.3) is 0 Å². The van der Waals surface area contributed by atoms with Gasteiger partial charge in [-0.3, -0.25) is 0 Å². The van der Waals surface area contributed by atoms with Crippen LogP contribution in [0.5, 0.6) is 0 Å². The van der Waals surface area contributed by atoms with Crippen molar-refractivity contribution in [3.05, 3.63) is 46.2 Å². The highest BCUT2D eigenvalue weighted by molar-refractivity contribution is 6.32. The minimum absolute atomic E-state index is 0.524. The fourth-order valence-electron chi connectivity index (χ4n) is 1.70. The highest BCUT2D eigenvalue weighted by atomic mass is 35.5. The smallest absolute Gasteiger partial charge is 0.102 e. The summed E-state index contributed by atoms with van der Waals surface area (Å²) in [5, 5.41) is 13.5. The van der Waals surface area contributed by atoms with E-state index in [-0.39, 0.29) is 0 Å². The molecule has 1 aromatic heterocycles. The maximum atomic E-state index is 8.74. The number of benzene rings is 1. The van der Waals surface area contributed by atoms with Gasteiger partial charge in [-0.1, -0.05) is 17.7 Å². The minimum atomic E-state index is 0.524. The molecule has 4 heteroatoms. The van der Waals surface area contributed by atoms with Crippen molar-refractivity contribution in [3.63, 3.8) is 0 Å². The first-order chi connectivity index (χ1) is 7.61. The Labute approximate surface area is 98.9 Å². The van der Waals surface area contributed by atoms with Gasteiger partial charge in [0.2, 0.25) is 0 Å². The van der Waals surface area contributed by atoms with E-state index in [4.69, 9.17) is 16.9 Å². The Kier molecular flexibility index (Phi) is 2.67. The third kappa shape index (κ3) is 1.80. The SMILES string of the molecule is Cc1cc(C)c(-n2cc(C#N)cn2)c(Cl)c1. The van der Waals surface area contributed by atoms with Crippen LogP contribution >= 0.6 is 11.6 Å². The Morgan fingerprint density at radius 3 is 2.69 bits per heavy atom. The Bertz CT molecular complexity index is 555. The first-order valence-corrected chi connectivity index (χ1v) is 5.21. The average molecular weight is 232 g/mol. The van der Waals surface area contributed by atoms with Crippen LogP contribution in [0.1, 0.15) is 16.7 Å². The third-order valence-electron chi connectivity index (χ3n) is 2.34. The summed E-state index contributed by atoms with van der Waals surface area (Å²) in [5.74, 6) is 0. The van der Waals surface area contributed by atoms with Gasteiger partial charge < -0.3 is 0 Å². The summed E-state index contributed by atoms with van der Waals surface area (Å²) in [5.41, 5.74) is 3.50. The van der Waals surface area contributed by atoms with Crippen LogP contribution in [0.3, 0.4) is 0 Å². The molecule has 2 rings (SSSR count). The van der Waals surface area contributed by atoms with Crippen LogP contribution in [0.25, 0.3) is 5.69 Å². The third-order valence-corrected chi connectivity index (χ3v) is 2.63. The second-order valence-corrected chi connectivity index (χ2v) is 4.10. The van der Waals surface area contributed by atoms with Crippen molar-refractivity contribution < 1.29 is 0 Å². The van der Waals surface area contributed by atoms with Crippen LogP contribution in [0.15, 0.2) is 24.5 Å². The molecule has 16 heavy (non-hydrogen) atoms. The molecule has 3 nitrogen and oxygen atoms in total. The highest BCUT2D eigenvalue weighted by Crippen LogP contribution is 2.25. The van der Waals surface area contributed by atoms with Gasteiger partial charge in [0, 0.05) is 6.20 Å². The summed E-state index contributed by atoms with van der Waals surface area (Å²) in [6.07, 6.45) is 3.19. The molecular formula is C12H10ClN3. The van der Waals surface area contributed by atoms with E-state index in [9.17, 15) is 0 Å². The fraction of sp³-hybridized carbons (Fsp3) is 0.167. The van der Waals surface area contributed by atoms with Gasteiger partial charge in [-0.15, -0.1) is 0 Å². The predicted octanol–water partition coefficient (Wildman–Crippen LogP) is 3.01. The molecule has 0 fully saturated rings. The molecule has 1 heterocycles. The Hall–Kier alpha value is -1.79. The van der Waals surface area contributed by atoms with E-state index in [1.54, 1.807) is 10.9 Å². The van der Waals surface area contributed by atoms with E-state index in [0.717, 1.165) is 16.8 Å². The largest absolute Gasteiger partial charge is 0.238 e. The standard InChI is InChI=1S/C12H10ClN3/c1-8-3-9(2)12(11(13)4-8)16-7-10(5-14)6-15-16/h3-4,6-7H,1-2H3. The molecule has 0 bridgehead atoms. The summed E-state index contributed by atoms with van der Waals surface area (Å²) in [7, 11) is 0. The quantitative estimate of drug-likeness (QED) is 0.757. The van der Waals surface area contributed by atoms with Gasteiger partial charge in [-0.25, -0.2) is 4.68 Å². The van der Waals surface area contributed by atoms with Crippen LogP contribution in [-0.2, 0) is 0 Å². The predicted molar refractivity (Wildman–Crippen MR) is 62.8 cm³/mol. The fourth-order valence-corrected chi connectivity index (χ4v) is 2.11. The number of hydrogen-bond donors (Lipinski definition) is 0. The van der Waals surface area contributed by atoms with Crippen molar-refractivity contribution in [2.45, 2.75) is 13.8 Å². The molecule has 0 N–H and O–H groups in total. The molecule has 0 radical (unpaired) electrons. The van der Waals surface area contributed by atoms with Gasteiger partial charge in [0.05, 0.1) is 22.5 Å². The second-order valence-electron chi connectivity index (χ2n) is 3.70. The van der Waals surface area contributed by atoms with Gasteiger partial charge in [-0.05, 0) is 31.0 Å². The summed E-state index contributed by atoms with van der Waals surface area (Å²) in [6, 6.07) is 5.96. The number of rotatable bonds is 1. The van der Waals surface area contributed by atoms with Crippen molar-refractivity contribution in [3.8, 4) is 11.8 Å². The van der Waals surface area contributed by atoms with E-state index in [1.807, 2.05) is 32.0 Å². The molecule has 0 unspecified atom stereocenters. The van der Waals surface area contributed by atoms with Crippen LogP contribution in [0.2, 0.25) is 5.02 Å². The maximum absolute atomic E-state index is 8.74. The molecule has 80 valence electrons. The molecule has 0 saturated carbocycles. The average Bonchev–Trinajstić information content (AvgIpc) is 2.64. The first kappa shape index (κ1) is 10.7. The van der Waals surface area contributed by atoms with Crippen molar-refractivity contribution in [2.24, 2.45) is 0 Å². The molecule has 2 aromatic rings. The monoisotopic (exact) mass is 231 g/mol. The van der Waals surface area contributed by atoms with Crippen molar-refractivity contribution in [2.75, 3.05) is 0 Å². The molecule has 0 aliphatic carbocycles. The van der Waals surface area contributed by atoms with Crippen molar-refractivity contribution in [1.82, 2.24) is 9.78 Å². The summed E-state index contributed by atoms with van der Waals surface area (Å²) < 4.78 is 1.63. The summed E-state index contributed by atoms with van der Waals surface area (Å²) >= 11 is 6.18. The Morgan fingerprint density at radius 2 is 2.12 bits per heavy atom. The lowest BCUT2D eigenvalue weighted by molar-refractivity contribution is 0.872. The number of halogens is 1. The van der Waals surface area contributed by atoms with E-state index in [0.29, 0.717) is 10.6 Å². The molecule has 0 saturated heterocycles. The Morgan fingerprint density at radius 1 is 1.38 bits per heavy atom. The second kappa shape index (κ2) is 3.99. The number of aryl methyl sites for hydroxylation is 2. The zero-order chi connectivity index (χ0) is 11.7. The molecular weight excluding hydrogens is 222 g/mol. The normalized spacial score (nSPS) is 10.1. The van der Waals surface area contributed by atoms with Crippen molar-refractivity contribution in [1.29, 1.82) is 5.26 Å². The van der Waals surface area contributed by atoms with E-state index in [1.165, 1.54) is 6.20 Å². The molecule has 0 aliphatic heterocycles. The number of hydrogen-bond acceptors (Lipinski definition) is 2. The molecule has 0 aliphatic rings. The van der Waals surface area contributed by atoms with E-state index < -0.39 is 0 Å². The lowest BCUT2D eigenvalue weighted by atomic mass is 10.1. The zero-order valence-electron chi connectivity index (χ0n) is 9.03. The van der Waals surface area contributed by atoms with E-state index in [2.05, 4.69) is 5.10 Å². The summed E-state index contributed by atoms with van der Waals surface area (Å²) in [4.78, 5) is 0. The Balaban J connectivity index is 2.60. The van der Waals surface area contributed by atoms with Crippen molar-refractivity contribution >= 4 is 11.6 Å². The van der Waals surface area contributed by atoms with Gasteiger partial charge >= 0.3 is 0 Å². The maximum Gasteiger partial charge on any atom is 0.102 e. The van der Waals surface area contributed by atoms with Gasteiger partial charge in [0.1, 0.15) is 6.07 Å². The first-order valence-electron chi connectivity index (χ1n) is 4.83. The molecule has 0 amide bonds. The van der Waals surface area contributed by atoms with Gasteiger partial charge in [0.15, 0.2) is 0 Å². The topological polar surface area (TPSA) is 41.6 Å². The summed E-state index contributed by atoms with van der Waals surface area (Å²) in [6.45, 7) is 3.97. The van der Waals surface area contributed by atoms with Crippen LogP contribution in [0, 0.1) is 25.2 Å². The number of aromatic nitrogens is 2. The van der Waals surface area contributed by atoms with E-state index >= 15 is 0 Å². The number of nitriles is 1. The molecule has 0 atom stereocenters. The zero-order valence-corrected chi connectivity index (χ0v) is 9.78. The lowest BCUT2D eigenvalue weighted by Gasteiger charge is -2.09. The minimum Gasteiger partial charge on any atom is -0.238 e. The lowest BCUT2D eigenvalue weighted by Crippen LogP contribution is -1.99. The molecule has 1 aromatic carbocycles. The molecule has 0 spiro atoms.